The molecule has 0 N–H and O–H groups in total. The number of rotatable bonds is 7. The Balaban J connectivity index is 1.22. The number of nitrogens with zero attached hydrogens (tertiary/aromatic N) is 2. The third-order valence-electron chi connectivity index (χ3n) is 7.44. The molecule has 34 heavy (non-hydrogen) atoms. The van der Waals surface area contributed by atoms with Crippen LogP contribution in [0, 0.1) is 12.3 Å². The van der Waals surface area contributed by atoms with Crippen LogP contribution in [0.15, 0.2) is 67.0 Å². The van der Waals surface area contributed by atoms with E-state index in [0.717, 1.165) is 36.0 Å². The van der Waals surface area contributed by atoms with Crippen LogP contribution in [0.2, 0.25) is 0 Å². The maximum atomic E-state index is 6.47. The van der Waals surface area contributed by atoms with Crippen molar-refractivity contribution in [3.05, 3.63) is 84.5 Å². The van der Waals surface area contributed by atoms with Crippen molar-refractivity contribution in [3.8, 4) is 5.75 Å². The first-order chi connectivity index (χ1) is 16.3. The Labute approximate surface area is 203 Å². The zero-order valence-electron chi connectivity index (χ0n) is 20.6. The molecule has 0 unspecified atom stereocenters. The van der Waals surface area contributed by atoms with E-state index in [1.54, 1.807) is 0 Å². The minimum atomic E-state index is -0.395. The van der Waals surface area contributed by atoms with E-state index in [1.165, 1.54) is 5.56 Å². The molecule has 2 atom stereocenters. The maximum absolute atomic E-state index is 6.47. The van der Waals surface area contributed by atoms with Gasteiger partial charge in [-0.05, 0) is 76.6 Å². The SMILES string of the molecule is CC1(C)OB(c2cnn(Cc3cccc(O[C@@H]4C[CH]C[C@H]4Cc4ccccc4)c3)c2)OC1(C)C. The third kappa shape index (κ3) is 4.94. The van der Waals surface area contributed by atoms with E-state index in [-0.39, 0.29) is 17.3 Å². The molecule has 3 aromatic rings. The molecular weight excluding hydrogens is 423 g/mol. The third-order valence-corrected chi connectivity index (χ3v) is 7.44. The highest BCUT2D eigenvalue weighted by Crippen LogP contribution is 2.36. The normalized spacial score (nSPS) is 23.4. The summed E-state index contributed by atoms with van der Waals surface area (Å²) in [6, 6.07) is 19.1. The van der Waals surface area contributed by atoms with E-state index in [1.807, 2.05) is 17.1 Å². The van der Waals surface area contributed by atoms with Crippen LogP contribution in [0.4, 0.5) is 0 Å². The zero-order valence-corrected chi connectivity index (χ0v) is 20.6. The van der Waals surface area contributed by atoms with Gasteiger partial charge in [-0.25, -0.2) is 0 Å². The van der Waals surface area contributed by atoms with Crippen LogP contribution in [0.5, 0.6) is 5.75 Å². The monoisotopic (exact) mass is 457 g/mol. The molecule has 2 aromatic carbocycles. The largest absolute Gasteiger partial charge is 0.498 e. The maximum Gasteiger partial charge on any atom is 0.498 e. The molecule has 5 rings (SSSR count). The molecule has 1 aromatic heterocycles. The van der Waals surface area contributed by atoms with E-state index >= 15 is 0 Å². The molecule has 6 heteroatoms. The molecule has 2 aliphatic rings. The Hall–Kier alpha value is -2.57. The van der Waals surface area contributed by atoms with E-state index in [9.17, 15) is 0 Å². The summed E-state index contributed by atoms with van der Waals surface area (Å²) >= 11 is 0. The molecule has 1 saturated heterocycles. The molecule has 1 radical (unpaired) electrons. The molecule has 2 heterocycles. The second-order valence-corrected chi connectivity index (χ2v) is 10.6. The number of aromatic nitrogens is 2. The van der Waals surface area contributed by atoms with Crippen molar-refractivity contribution >= 4 is 12.6 Å². The molecule has 0 spiro atoms. The van der Waals surface area contributed by atoms with Crippen LogP contribution in [-0.2, 0) is 22.3 Å². The summed E-state index contributed by atoms with van der Waals surface area (Å²) in [5, 5.41) is 4.55. The fourth-order valence-corrected chi connectivity index (χ4v) is 4.74. The van der Waals surface area contributed by atoms with Crippen molar-refractivity contribution in [2.24, 2.45) is 5.92 Å². The van der Waals surface area contributed by atoms with Crippen LogP contribution >= 0.6 is 0 Å². The van der Waals surface area contributed by atoms with Gasteiger partial charge in [-0.1, -0.05) is 42.5 Å². The lowest BCUT2D eigenvalue weighted by Crippen LogP contribution is -2.41. The Kier molecular flexibility index (Phi) is 6.30. The topological polar surface area (TPSA) is 45.5 Å². The Morgan fingerprint density at radius 1 is 0.971 bits per heavy atom. The van der Waals surface area contributed by atoms with Gasteiger partial charge in [0.25, 0.3) is 0 Å². The molecule has 2 fully saturated rings. The average Bonchev–Trinajstić information content (AvgIpc) is 3.48. The quantitative estimate of drug-likeness (QED) is 0.477. The molecule has 1 saturated carbocycles. The number of benzene rings is 2. The minimum Gasteiger partial charge on any atom is -0.490 e. The molecular formula is C28H34BN2O3. The summed E-state index contributed by atoms with van der Waals surface area (Å²) in [4.78, 5) is 0. The highest BCUT2D eigenvalue weighted by atomic mass is 16.7. The summed E-state index contributed by atoms with van der Waals surface area (Å²) in [7, 11) is -0.395. The van der Waals surface area contributed by atoms with Gasteiger partial charge in [-0.2, -0.15) is 5.10 Å². The van der Waals surface area contributed by atoms with Crippen LogP contribution in [-0.4, -0.2) is 34.2 Å². The van der Waals surface area contributed by atoms with E-state index in [2.05, 4.69) is 93.8 Å². The van der Waals surface area contributed by atoms with Gasteiger partial charge in [0.1, 0.15) is 11.9 Å². The highest BCUT2D eigenvalue weighted by molar-refractivity contribution is 6.62. The van der Waals surface area contributed by atoms with E-state index < -0.39 is 7.12 Å². The van der Waals surface area contributed by atoms with Gasteiger partial charge in [0.2, 0.25) is 0 Å². The first-order valence-corrected chi connectivity index (χ1v) is 12.3. The summed E-state index contributed by atoms with van der Waals surface area (Å²) in [5.41, 5.74) is 2.75. The van der Waals surface area contributed by atoms with Crippen LogP contribution in [0.3, 0.4) is 0 Å². The second-order valence-electron chi connectivity index (χ2n) is 10.6. The average molecular weight is 457 g/mol. The van der Waals surface area contributed by atoms with Gasteiger partial charge in [0.05, 0.1) is 17.7 Å². The number of hydrogen-bond donors (Lipinski definition) is 0. The predicted molar refractivity (Wildman–Crippen MR) is 135 cm³/mol. The smallest absolute Gasteiger partial charge is 0.490 e. The predicted octanol–water partition coefficient (Wildman–Crippen LogP) is 4.83. The molecule has 0 amide bonds. The zero-order chi connectivity index (χ0) is 23.8. The van der Waals surface area contributed by atoms with Crippen molar-refractivity contribution in [1.29, 1.82) is 0 Å². The van der Waals surface area contributed by atoms with Gasteiger partial charge >= 0.3 is 7.12 Å². The number of ether oxygens (including phenoxy) is 1. The lowest BCUT2D eigenvalue weighted by molar-refractivity contribution is 0.00578. The summed E-state index contributed by atoms with van der Waals surface area (Å²) in [6.07, 6.45) is 9.59. The van der Waals surface area contributed by atoms with E-state index in [0.29, 0.717) is 12.5 Å². The fraction of sp³-hybridized carbons (Fsp3) is 0.429. The van der Waals surface area contributed by atoms with Crippen molar-refractivity contribution in [2.75, 3.05) is 0 Å². The van der Waals surface area contributed by atoms with Gasteiger partial charge in [0.15, 0.2) is 0 Å². The van der Waals surface area contributed by atoms with Crippen molar-refractivity contribution < 1.29 is 14.0 Å². The van der Waals surface area contributed by atoms with E-state index in [4.69, 9.17) is 14.0 Å². The second kappa shape index (κ2) is 9.24. The standard InChI is InChI=1S/C28H34BN2O3/c1-27(2)28(3,4)34-29(33-27)24-18-30-31(20-24)19-22-12-8-14-25(17-22)32-26-15-9-13-23(26)16-21-10-6-5-7-11-21/h5-12,14,17-18,20,23,26H,13,15-16,19H2,1-4H3/t23-,26+/m0/s1. The van der Waals surface area contributed by atoms with Crippen molar-refractivity contribution in [2.45, 2.75) is 70.8 Å². The van der Waals surface area contributed by atoms with Gasteiger partial charge in [-0.3, -0.25) is 4.68 Å². The summed E-state index contributed by atoms with van der Waals surface area (Å²) < 4.78 is 20.7. The van der Waals surface area contributed by atoms with Gasteiger partial charge in [-0.15, -0.1) is 0 Å². The van der Waals surface area contributed by atoms with Crippen LogP contribution in [0.1, 0.15) is 51.7 Å². The summed E-state index contributed by atoms with van der Waals surface area (Å²) in [5.74, 6) is 1.44. The molecule has 5 nitrogen and oxygen atoms in total. The number of hydrogen-bond acceptors (Lipinski definition) is 4. The summed E-state index contributed by atoms with van der Waals surface area (Å²) in [6.45, 7) is 8.93. The highest BCUT2D eigenvalue weighted by Gasteiger charge is 2.52. The Morgan fingerprint density at radius 2 is 1.71 bits per heavy atom. The molecule has 1 aliphatic carbocycles. The van der Waals surface area contributed by atoms with Gasteiger partial charge < -0.3 is 14.0 Å². The van der Waals surface area contributed by atoms with Crippen molar-refractivity contribution in [3.63, 3.8) is 0 Å². The fourth-order valence-electron chi connectivity index (χ4n) is 4.74. The Morgan fingerprint density at radius 3 is 2.47 bits per heavy atom. The molecule has 1 aliphatic heterocycles. The lowest BCUT2D eigenvalue weighted by atomic mass is 9.82. The van der Waals surface area contributed by atoms with Crippen LogP contribution < -0.4 is 10.2 Å². The molecule has 0 bridgehead atoms. The Bertz CT molecular complexity index is 1100. The lowest BCUT2D eigenvalue weighted by Gasteiger charge is -2.32. The van der Waals surface area contributed by atoms with Gasteiger partial charge in [0, 0.05) is 23.8 Å². The van der Waals surface area contributed by atoms with Crippen LogP contribution in [0.25, 0.3) is 0 Å². The first-order valence-electron chi connectivity index (χ1n) is 12.3. The molecule has 177 valence electrons. The van der Waals surface area contributed by atoms with Crippen molar-refractivity contribution in [1.82, 2.24) is 9.78 Å². The first kappa shape index (κ1) is 23.2. The minimum absolute atomic E-state index is 0.218.